The van der Waals surface area contributed by atoms with E-state index in [1.165, 1.54) is 38.4 Å². The van der Waals surface area contributed by atoms with Gasteiger partial charge in [-0.3, -0.25) is 9.50 Å². The van der Waals surface area contributed by atoms with Crippen LogP contribution < -0.4 is 0 Å². The number of carbonyl (C=O) groups is 1. The van der Waals surface area contributed by atoms with Crippen molar-refractivity contribution in [2.24, 2.45) is 5.92 Å². The SMILES string of the molecule is FC(F)(F)c1nc(-c2nc3ncc(CC4CCCCC4)cn3c2-c2cnc[nH]2)n[nH]1.O=C(O)C(F)(F)F. The van der Waals surface area contributed by atoms with Crippen LogP contribution in [0.1, 0.15) is 43.5 Å². The van der Waals surface area contributed by atoms with E-state index in [1.807, 2.05) is 11.3 Å². The number of carboxylic acids is 1. The molecule has 0 unspecified atom stereocenters. The Morgan fingerprint density at radius 2 is 1.78 bits per heavy atom. The molecule has 37 heavy (non-hydrogen) atoms. The van der Waals surface area contributed by atoms with Gasteiger partial charge in [-0.05, 0) is 17.9 Å². The molecule has 3 N–H and O–H groups in total. The summed E-state index contributed by atoms with van der Waals surface area (Å²) < 4.78 is 72.5. The predicted octanol–water partition coefficient (Wildman–Crippen LogP) is 4.68. The number of hydrogen-bond acceptors (Lipinski definition) is 6. The summed E-state index contributed by atoms with van der Waals surface area (Å²) in [6.45, 7) is 0. The van der Waals surface area contributed by atoms with Crippen LogP contribution in [-0.4, -0.2) is 56.8 Å². The lowest BCUT2D eigenvalue weighted by molar-refractivity contribution is -0.192. The molecule has 4 aromatic heterocycles. The molecular formula is C21H20F6N8O2. The van der Waals surface area contributed by atoms with Gasteiger partial charge in [0.1, 0.15) is 11.4 Å². The van der Waals surface area contributed by atoms with Gasteiger partial charge in [0.25, 0.3) is 0 Å². The number of nitrogens with one attached hydrogen (secondary N) is 2. The largest absolute Gasteiger partial charge is 0.490 e. The molecule has 0 aromatic carbocycles. The molecule has 1 aliphatic carbocycles. The lowest BCUT2D eigenvalue weighted by Gasteiger charge is -2.21. The summed E-state index contributed by atoms with van der Waals surface area (Å²) >= 11 is 0. The Kier molecular flexibility index (Phi) is 7.18. The maximum absolute atomic E-state index is 13.0. The Balaban J connectivity index is 0.000000405. The first kappa shape index (κ1) is 26.1. The molecule has 5 rings (SSSR count). The number of nitrogens with zero attached hydrogens (tertiary/aromatic N) is 6. The number of alkyl halides is 6. The topological polar surface area (TPSA) is 138 Å². The summed E-state index contributed by atoms with van der Waals surface area (Å²) in [6, 6.07) is 0. The molecule has 4 aromatic rings. The van der Waals surface area contributed by atoms with Crippen molar-refractivity contribution in [2.45, 2.75) is 50.9 Å². The van der Waals surface area contributed by atoms with Crippen LogP contribution in [0, 0.1) is 5.92 Å². The minimum absolute atomic E-state index is 0.147. The van der Waals surface area contributed by atoms with Crippen molar-refractivity contribution >= 4 is 11.7 Å². The van der Waals surface area contributed by atoms with Crippen LogP contribution in [0.4, 0.5) is 26.3 Å². The molecule has 0 radical (unpaired) electrons. The molecule has 1 aliphatic rings. The Labute approximate surface area is 204 Å². The Morgan fingerprint density at radius 1 is 1.08 bits per heavy atom. The number of halogens is 6. The van der Waals surface area contributed by atoms with Crippen LogP contribution in [0.15, 0.2) is 24.9 Å². The summed E-state index contributed by atoms with van der Waals surface area (Å²) in [4.78, 5) is 28.4. The van der Waals surface area contributed by atoms with Gasteiger partial charge in [-0.15, -0.1) is 0 Å². The van der Waals surface area contributed by atoms with Crippen molar-refractivity contribution in [3.8, 4) is 22.9 Å². The highest BCUT2D eigenvalue weighted by atomic mass is 19.4. The third-order valence-electron chi connectivity index (χ3n) is 5.74. The van der Waals surface area contributed by atoms with E-state index in [1.54, 1.807) is 16.8 Å². The number of fused-ring (bicyclic) bond motifs is 1. The number of H-pyrrole nitrogens is 2. The van der Waals surface area contributed by atoms with E-state index in [0.717, 1.165) is 12.0 Å². The third-order valence-corrected chi connectivity index (χ3v) is 5.74. The zero-order valence-electron chi connectivity index (χ0n) is 18.9. The highest BCUT2D eigenvalue weighted by Crippen LogP contribution is 2.33. The van der Waals surface area contributed by atoms with Crippen molar-refractivity contribution in [3.05, 3.63) is 36.3 Å². The van der Waals surface area contributed by atoms with E-state index in [0.29, 0.717) is 23.1 Å². The Hall–Kier alpha value is -3.98. The van der Waals surface area contributed by atoms with Gasteiger partial charge in [0.05, 0.1) is 18.2 Å². The smallest absolute Gasteiger partial charge is 0.475 e. The molecular weight excluding hydrogens is 510 g/mol. The quantitative estimate of drug-likeness (QED) is 0.326. The zero-order valence-corrected chi connectivity index (χ0v) is 18.9. The molecule has 1 fully saturated rings. The second-order valence-corrected chi connectivity index (χ2v) is 8.42. The number of aromatic amines is 2. The van der Waals surface area contributed by atoms with E-state index in [9.17, 15) is 26.3 Å². The van der Waals surface area contributed by atoms with E-state index < -0.39 is 24.1 Å². The van der Waals surface area contributed by atoms with E-state index in [4.69, 9.17) is 9.90 Å². The van der Waals surface area contributed by atoms with Crippen LogP contribution in [0.5, 0.6) is 0 Å². The first-order valence-electron chi connectivity index (χ1n) is 11.1. The van der Waals surface area contributed by atoms with E-state index in [-0.39, 0.29) is 11.5 Å². The van der Waals surface area contributed by atoms with E-state index >= 15 is 0 Å². The van der Waals surface area contributed by atoms with Crippen LogP contribution in [0.2, 0.25) is 0 Å². The minimum Gasteiger partial charge on any atom is -0.475 e. The fraction of sp³-hybridized carbons (Fsp3) is 0.429. The fourth-order valence-electron chi connectivity index (χ4n) is 4.10. The number of hydrogen-bond donors (Lipinski definition) is 3. The summed E-state index contributed by atoms with van der Waals surface area (Å²) in [5.41, 5.74) is 2.37. The average molecular weight is 530 g/mol. The van der Waals surface area contributed by atoms with Crippen molar-refractivity contribution < 1.29 is 36.2 Å². The van der Waals surface area contributed by atoms with Gasteiger partial charge < -0.3 is 10.1 Å². The number of imidazole rings is 2. The average Bonchev–Trinajstić information content (AvgIpc) is 3.58. The number of aliphatic carboxylic acids is 1. The van der Waals surface area contributed by atoms with Crippen molar-refractivity contribution in [1.82, 2.24) is 39.5 Å². The highest BCUT2D eigenvalue weighted by Gasteiger charge is 2.38. The van der Waals surface area contributed by atoms with Gasteiger partial charge >= 0.3 is 18.3 Å². The van der Waals surface area contributed by atoms with Gasteiger partial charge in [-0.2, -0.15) is 31.4 Å². The zero-order chi connectivity index (χ0) is 26.8. The lowest BCUT2D eigenvalue weighted by Crippen LogP contribution is -2.21. The first-order chi connectivity index (χ1) is 17.4. The van der Waals surface area contributed by atoms with Gasteiger partial charge in [0, 0.05) is 12.4 Å². The second kappa shape index (κ2) is 10.2. The maximum Gasteiger partial charge on any atom is 0.490 e. The molecule has 0 spiro atoms. The molecule has 16 heteroatoms. The van der Waals surface area contributed by atoms with Gasteiger partial charge in [-0.25, -0.2) is 24.7 Å². The van der Waals surface area contributed by atoms with Crippen LogP contribution in [-0.2, 0) is 17.4 Å². The van der Waals surface area contributed by atoms with Crippen molar-refractivity contribution in [1.29, 1.82) is 0 Å². The lowest BCUT2D eigenvalue weighted by atomic mass is 9.85. The molecule has 10 nitrogen and oxygen atoms in total. The number of carboxylic acid groups (broad SMARTS) is 1. The Bertz CT molecular complexity index is 1350. The van der Waals surface area contributed by atoms with Crippen LogP contribution >= 0.6 is 0 Å². The Morgan fingerprint density at radius 3 is 2.35 bits per heavy atom. The molecule has 0 amide bonds. The standard InChI is InChI=1S/C19H19F3N8.C2HF3O2/c20-19(21,22)17-27-16(28-29-17)14-15(13-8-23-10-25-13)30-9-12(7-24-18(30)26-14)6-11-4-2-1-3-5-11;3-2(4,5)1(6)7/h7-11H,1-6H2,(H,23,25)(H,27,28,29);(H,6,7). The minimum atomic E-state index is -5.08. The molecule has 0 atom stereocenters. The normalized spacial score (nSPS) is 15.0. The molecule has 0 aliphatic heterocycles. The first-order valence-corrected chi connectivity index (χ1v) is 11.1. The van der Waals surface area contributed by atoms with Crippen LogP contribution in [0.3, 0.4) is 0 Å². The van der Waals surface area contributed by atoms with Crippen LogP contribution in [0.25, 0.3) is 28.7 Å². The number of rotatable bonds is 4. The second-order valence-electron chi connectivity index (χ2n) is 8.42. The van der Waals surface area contributed by atoms with E-state index in [2.05, 4.69) is 30.0 Å². The summed E-state index contributed by atoms with van der Waals surface area (Å²) in [7, 11) is 0. The van der Waals surface area contributed by atoms with Gasteiger partial charge in [0.2, 0.25) is 17.4 Å². The van der Waals surface area contributed by atoms with Gasteiger partial charge in [0.15, 0.2) is 0 Å². The maximum atomic E-state index is 13.0. The number of aromatic nitrogens is 8. The van der Waals surface area contributed by atoms with Crippen molar-refractivity contribution in [3.63, 3.8) is 0 Å². The monoisotopic (exact) mass is 530 g/mol. The predicted molar refractivity (Wildman–Crippen MR) is 115 cm³/mol. The molecule has 198 valence electrons. The highest BCUT2D eigenvalue weighted by molar-refractivity contribution is 5.76. The summed E-state index contributed by atoms with van der Waals surface area (Å²) in [5.74, 6) is -3.09. The molecule has 0 bridgehead atoms. The summed E-state index contributed by atoms with van der Waals surface area (Å²) in [5, 5.41) is 12.8. The molecule has 4 heterocycles. The van der Waals surface area contributed by atoms with Crippen molar-refractivity contribution in [2.75, 3.05) is 0 Å². The summed E-state index contributed by atoms with van der Waals surface area (Å²) in [6.07, 6.45) is 4.23. The molecule has 0 saturated heterocycles. The molecule has 1 saturated carbocycles. The van der Waals surface area contributed by atoms with Gasteiger partial charge in [-0.1, -0.05) is 32.1 Å². The third kappa shape index (κ3) is 6.06. The fourth-order valence-corrected chi connectivity index (χ4v) is 4.10.